The van der Waals surface area contributed by atoms with Crippen LogP contribution in [0.25, 0.3) is 0 Å². The lowest BCUT2D eigenvalue weighted by Crippen LogP contribution is -2.52. The minimum Gasteiger partial charge on any atom is -0.426 e. The molecule has 108 valence electrons. The number of carbonyl (C=O) groups is 2. The first-order chi connectivity index (χ1) is 9.30. The maximum absolute atomic E-state index is 12.0. The molecule has 0 amide bonds. The van der Waals surface area contributed by atoms with Crippen LogP contribution >= 0.6 is 0 Å². The summed E-state index contributed by atoms with van der Waals surface area (Å²) in [5, 5.41) is 0. The van der Waals surface area contributed by atoms with E-state index in [0.29, 0.717) is 12.8 Å². The normalized spacial score (nSPS) is 38.6. The highest BCUT2D eigenvalue weighted by Gasteiger charge is 2.59. The topological polar surface area (TPSA) is 52.6 Å². The molecule has 3 unspecified atom stereocenters. The molecule has 0 aromatic rings. The van der Waals surface area contributed by atoms with Crippen LogP contribution in [-0.2, 0) is 19.1 Å². The number of ether oxygens (including phenoxy) is 2. The molecule has 4 heteroatoms. The van der Waals surface area contributed by atoms with Crippen molar-refractivity contribution in [1.82, 2.24) is 0 Å². The van der Waals surface area contributed by atoms with Gasteiger partial charge >= 0.3 is 5.97 Å². The molecule has 3 atom stereocenters. The molecular formula is C16H20O4. The third-order valence-corrected chi connectivity index (χ3v) is 5.22. The molecule has 0 N–H and O–H groups in total. The van der Waals surface area contributed by atoms with E-state index in [2.05, 4.69) is 13.8 Å². The second-order valence-corrected chi connectivity index (χ2v) is 6.61. The number of methoxy groups -OCH3 is 1. The number of hydrogen-bond donors (Lipinski definition) is 0. The Balaban J connectivity index is 2.11. The van der Waals surface area contributed by atoms with Gasteiger partial charge < -0.3 is 9.47 Å². The average Bonchev–Trinajstić information content (AvgIpc) is 2.71. The first-order valence-electron chi connectivity index (χ1n) is 7.02. The van der Waals surface area contributed by atoms with Crippen molar-refractivity contribution in [2.75, 3.05) is 7.11 Å². The Morgan fingerprint density at radius 2 is 2.05 bits per heavy atom. The number of allylic oxidation sites excluding steroid dienone is 2. The van der Waals surface area contributed by atoms with Crippen molar-refractivity contribution < 1.29 is 19.1 Å². The monoisotopic (exact) mass is 276 g/mol. The van der Waals surface area contributed by atoms with E-state index >= 15 is 0 Å². The molecule has 1 saturated carbocycles. The lowest BCUT2D eigenvalue weighted by molar-refractivity contribution is -0.214. The van der Waals surface area contributed by atoms with E-state index in [9.17, 15) is 9.59 Å². The number of carbonyl (C=O) groups excluding carboxylic acids is 2. The molecular weight excluding hydrogens is 256 g/mol. The molecule has 0 aromatic carbocycles. The predicted octanol–water partition coefficient (Wildman–Crippen LogP) is 2.39. The Morgan fingerprint density at radius 3 is 2.70 bits per heavy atom. The van der Waals surface area contributed by atoms with Crippen molar-refractivity contribution >= 4 is 11.8 Å². The van der Waals surface area contributed by atoms with E-state index in [1.807, 2.05) is 13.0 Å². The van der Waals surface area contributed by atoms with Crippen LogP contribution in [0.15, 0.2) is 23.3 Å². The van der Waals surface area contributed by atoms with Gasteiger partial charge in [0.05, 0.1) is 0 Å². The Bertz CT molecular complexity index is 555. The van der Waals surface area contributed by atoms with Crippen LogP contribution < -0.4 is 0 Å². The highest BCUT2D eigenvalue weighted by Crippen LogP contribution is 2.58. The van der Waals surface area contributed by atoms with Crippen LogP contribution in [0.3, 0.4) is 0 Å². The van der Waals surface area contributed by atoms with Gasteiger partial charge in [0.2, 0.25) is 5.79 Å². The molecule has 1 fully saturated rings. The largest absolute Gasteiger partial charge is 0.426 e. The van der Waals surface area contributed by atoms with Crippen LogP contribution in [0.4, 0.5) is 0 Å². The molecule has 2 aliphatic carbocycles. The van der Waals surface area contributed by atoms with E-state index in [4.69, 9.17) is 9.47 Å². The Morgan fingerprint density at radius 1 is 1.35 bits per heavy atom. The van der Waals surface area contributed by atoms with Crippen molar-refractivity contribution in [1.29, 1.82) is 0 Å². The van der Waals surface area contributed by atoms with E-state index in [1.54, 1.807) is 13.2 Å². The van der Waals surface area contributed by atoms with Gasteiger partial charge in [-0.05, 0) is 29.7 Å². The quantitative estimate of drug-likeness (QED) is 0.690. The average molecular weight is 276 g/mol. The summed E-state index contributed by atoms with van der Waals surface area (Å²) < 4.78 is 11.1. The smallest absolute Gasteiger partial charge is 0.333 e. The lowest BCUT2D eigenvalue weighted by Gasteiger charge is -2.51. The van der Waals surface area contributed by atoms with E-state index in [-0.39, 0.29) is 29.0 Å². The molecule has 1 heterocycles. The summed E-state index contributed by atoms with van der Waals surface area (Å²) in [7, 11) is 1.58. The Kier molecular flexibility index (Phi) is 2.74. The fourth-order valence-electron chi connectivity index (χ4n) is 4.08. The van der Waals surface area contributed by atoms with Gasteiger partial charge in [-0.3, -0.25) is 4.79 Å². The second kappa shape index (κ2) is 4.04. The number of esters is 1. The van der Waals surface area contributed by atoms with Gasteiger partial charge in [0.1, 0.15) is 0 Å². The summed E-state index contributed by atoms with van der Waals surface area (Å²) in [6, 6.07) is 0. The standard InChI is InChI=1S/C16H20O4/c1-9-5-10-8-16(19-4)13(7-14(18)20-16)15(2,3)11(10)6-12(9)17/h5,7,10-11H,6,8H2,1-4H3. The highest BCUT2D eigenvalue weighted by atomic mass is 16.7. The number of fused-ring (bicyclic) bond motifs is 2. The van der Waals surface area contributed by atoms with Crippen molar-refractivity contribution in [2.24, 2.45) is 17.3 Å². The maximum atomic E-state index is 12.0. The van der Waals surface area contributed by atoms with Gasteiger partial charge in [0.25, 0.3) is 0 Å². The zero-order valence-electron chi connectivity index (χ0n) is 12.4. The molecule has 0 spiro atoms. The summed E-state index contributed by atoms with van der Waals surface area (Å²) in [4.78, 5) is 23.8. The van der Waals surface area contributed by atoms with Gasteiger partial charge in [0, 0.05) is 31.6 Å². The van der Waals surface area contributed by atoms with Crippen LogP contribution in [-0.4, -0.2) is 24.6 Å². The first-order valence-corrected chi connectivity index (χ1v) is 7.02. The van der Waals surface area contributed by atoms with Crippen molar-refractivity contribution in [3.63, 3.8) is 0 Å². The number of rotatable bonds is 1. The predicted molar refractivity (Wildman–Crippen MR) is 72.7 cm³/mol. The van der Waals surface area contributed by atoms with Crippen LogP contribution in [0.1, 0.15) is 33.6 Å². The molecule has 4 nitrogen and oxygen atoms in total. The van der Waals surface area contributed by atoms with Crippen molar-refractivity contribution in [2.45, 2.75) is 39.4 Å². The summed E-state index contributed by atoms with van der Waals surface area (Å²) >= 11 is 0. The highest BCUT2D eigenvalue weighted by molar-refractivity contribution is 5.96. The molecule has 0 radical (unpaired) electrons. The molecule has 1 aliphatic heterocycles. The minimum absolute atomic E-state index is 0.197. The summed E-state index contributed by atoms with van der Waals surface area (Å²) in [6.07, 6.45) is 4.71. The number of hydrogen-bond acceptors (Lipinski definition) is 4. The van der Waals surface area contributed by atoms with Crippen LogP contribution in [0, 0.1) is 17.3 Å². The van der Waals surface area contributed by atoms with E-state index in [1.165, 1.54) is 0 Å². The lowest BCUT2D eigenvalue weighted by atomic mass is 9.56. The van der Waals surface area contributed by atoms with Crippen molar-refractivity contribution in [3.8, 4) is 0 Å². The van der Waals surface area contributed by atoms with E-state index < -0.39 is 5.79 Å². The summed E-state index contributed by atoms with van der Waals surface area (Å²) in [5.74, 6) is -0.692. The summed E-state index contributed by atoms with van der Waals surface area (Å²) in [6.45, 7) is 6.01. The third kappa shape index (κ3) is 1.64. The van der Waals surface area contributed by atoms with Crippen LogP contribution in [0.5, 0.6) is 0 Å². The fourth-order valence-corrected chi connectivity index (χ4v) is 4.08. The van der Waals surface area contributed by atoms with Gasteiger partial charge in [-0.1, -0.05) is 19.9 Å². The zero-order valence-corrected chi connectivity index (χ0v) is 12.4. The molecule has 0 saturated heterocycles. The van der Waals surface area contributed by atoms with Gasteiger partial charge in [-0.15, -0.1) is 0 Å². The fraction of sp³-hybridized carbons (Fsp3) is 0.625. The number of Topliss-reactive ketones (excluding diaryl/α,β-unsaturated/α-hetero) is 1. The van der Waals surface area contributed by atoms with Gasteiger partial charge in [-0.25, -0.2) is 4.79 Å². The second-order valence-electron chi connectivity index (χ2n) is 6.61. The molecule has 20 heavy (non-hydrogen) atoms. The van der Waals surface area contributed by atoms with Crippen LogP contribution in [0.2, 0.25) is 0 Å². The first kappa shape index (κ1) is 13.6. The number of ketones is 1. The van der Waals surface area contributed by atoms with E-state index in [0.717, 1.165) is 11.1 Å². The summed E-state index contributed by atoms with van der Waals surface area (Å²) in [5.41, 5.74) is 1.39. The SMILES string of the molecule is COC12CC3C=C(C)C(=O)CC3C(C)(C)C1=CC(=O)O2. The van der Waals surface area contributed by atoms with Crippen molar-refractivity contribution in [3.05, 3.63) is 23.3 Å². The molecule has 0 bridgehead atoms. The minimum atomic E-state index is -0.946. The van der Waals surface area contributed by atoms with Gasteiger partial charge in [-0.2, -0.15) is 0 Å². The molecule has 3 rings (SSSR count). The Labute approximate surface area is 118 Å². The third-order valence-electron chi connectivity index (χ3n) is 5.22. The maximum Gasteiger partial charge on any atom is 0.333 e. The van der Waals surface area contributed by atoms with Gasteiger partial charge in [0.15, 0.2) is 5.78 Å². The molecule has 3 aliphatic rings. The molecule has 0 aromatic heterocycles. The Hall–Kier alpha value is -1.42. The zero-order chi connectivity index (χ0) is 14.7.